The van der Waals surface area contributed by atoms with Crippen LogP contribution < -0.4 is 5.43 Å². The quantitative estimate of drug-likeness (QED) is 0.652. The Morgan fingerprint density at radius 3 is 2.72 bits per heavy atom. The molecule has 8 heteroatoms. The second kappa shape index (κ2) is 5.41. The van der Waals surface area contributed by atoms with Gasteiger partial charge in [-0.15, -0.1) is 5.10 Å². The van der Waals surface area contributed by atoms with Gasteiger partial charge in [-0.25, -0.2) is 15.4 Å². The molecule has 0 aliphatic heterocycles. The first-order valence-corrected chi connectivity index (χ1v) is 5.87. The summed E-state index contributed by atoms with van der Waals surface area (Å²) in [6, 6.07) is 1.71. The Bertz CT molecular complexity index is 579. The summed E-state index contributed by atoms with van der Waals surface area (Å²) in [5, 5.41) is 7.69. The third-order valence-electron chi connectivity index (χ3n) is 2.07. The first-order valence-electron chi connectivity index (χ1n) is 5.09. The van der Waals surface area contributed by atoms with Crippen molar-refractivity contribution in [2.45, 2.75) is 13.8 Å². The molecule has 18 heavy (non-hydrogen) atoms. The molecule has 0 saturated carbocycles. The molecule has 0 aromatic carbocycles. The number of carbonyl (C=O) groups excluding carboxylic acids is 1. The fourth-order valence-electron chi connectivity index (χ4n) is 1.16. The summed E-state index contributed by atoms with van der Waals surface area (Å²) in [6.45, 7) is 3.43. The van der Waals surface area contributed by atoms with Crippen molar-refractivity contribution in [3.05, 3.63) is 34.9 Å². The van der Waals surface area contributed by atoms with Gasteiger partial charge in [0.2, 0.25) is 0 Å². The maximum Gasteiger partial charge on any atom is 0.285 e. The average molecular weight is 262 g/mol. The van der Waals surface area contributed by atoms with Crippen LogP contribution in [0.1, 0.15) is 28.1 Å². The Balaban J connectivity index is 2.08. The molecule has 0 unspecified atom stereocenters. The molecule has 92 valence electrons. The zero-order valence-corrected chi connectivity index (χ0v) is 10.6. The summed E-state index contributed by atoms with van der Waals surface area (Å²) in [6.07, 6.45) is 3.22. The highest BCUT2D eigenvalue weighted by Gasteiger charge is 2.12. The van der Waals surface area contributed by atoms with Gasteiger partial charge in [-0.05, 0) is 31.4 Å². The number of hydrogen-bond donors (Lipinski definition) is 1. The standard InChI is InChI=1S/C10H10N6OS/c1-6-8(18-16-14-6)10(17)15-13-7(2)9-11-4-3-5-12-9/h3-5H,1-2H3,(H,15,17)/b13-7+. The molecule has 0 aliphatic carbocycles. The van der Waals surface area contributed by atoms with Crippen molar-refractivity contribution in [1.82, 2.24) is 25.0 Å². The van der Waals surface area contributed by atoms with Crippen molar-refractivity contribution >= 4 is 23.2 Å². The van der Waals surface area contributed by atoms with E-state index < -0.39 is 0 Å². The molecule has 0 atom stereocenters. The molecule has 1 amide bonds. The largest absolute Gasteiger partial charge is 0.285 e. The van der Waals surface area contributed by atoms with Crippen LogP contribution in [0.4, 0.5) is 0 Å². The molecule has 0 bridgehead atoms. The van der Waals surface area contributed by atoms with Gasteiger partial charge in [0, 0.05) is 12.4 Å². The predicted molar refractivity (Wildman–Crippen MR) is 66.4 cm³/mol. The van der Waals surface area contributed by atoms with Crippen LogP contribution in [-0.4, -0.2) is 31.2 Å². The Kier molecular flexibility index (Phi) is 3.68. The summed E-state index contributed by atoms with van der Waals surface area (Å²) in [4.78, 5) is 20.2. The lowest BCUT2D eigenvalue weighted by Gasteiger charge is -1.99. The molecule has 1 N–H and O–H groups in total. The van der Waals surface area contributed by atoms with Crippen LogP contribution in [0.2, 0.25) is 0 Å². The Labute approximate surface area is 107 Å². The van der Waals surface area contributed by atoms with Gasteiger partial charge >= 0.3 is 0 Å². The van der Waals surface area contributed by atoms with Gasteiger partial charge < -0.3 is 0 Å². The van der Waals surface area contributed by atoms with Gasteiger partial charge in [0.1, 0.15) is 10.6 Å². The maximum atomic E-state index is 11.7. The first-order chi connectivity index (χ1) is 8.68. The third kappa shape index (κ3) is 2.72. The lowest BCUT2D eigenvalue weighted by Crippen LogP contribution is -2.19. The van der Waals surface area contributed by atoms with Gasteiger partial charge in [0.15, 0.2) is 5.82 Å². The van der Waals surface area contributed by atoms with Crippen LogP contribution in [0.25, 0.3) is 0 Å². The molecule has 7 nitrogen and oxygen atoms in total. The highest BCUT2D eigenvalue weighted by atomic mass is 32.1. The monoisotopic (exact) mass is 262 g/mol. The van der Waals surface area contributed by atoms with Crippen molar-refractivity contribution in [2.24, 2.45) is 5.10 Å². The topological polar surface area (TPSA) is 93.0 Å². The molecule has 0 radical (unpaired) electrons. The van der Waals surface area contributed by atoms with Gasteiger partial charge in [-0.1, -0.05) is 4.49 Å². The lowest BCUT2D eigenvalue weighted by molar-refractivity contribution is 0.0958. The predicted octanol–water partition coefficient (Wildman–Crippen LogP) is 0.791. The van der Waals surface area contributed by atoms with Gasteiger partial charge in [-0.2, -0.15) is 5.10 Å². The minimum atomic E-state index is -0.335. The summed E-state index contributed by atoms with van der Waals surface area (Å²) in [7, 11) is 0. The number of amides is 1. The van der Waals surface area contributed by atoms with Gasteiger partial charge in [0.05, 0.1) is 5.69 Å². The molecule has 0 fully saturated rings. The highest BCUT2D eigenvalue weighted by molar-refractivity contribution is 7.07. The number of rotatable bonds is 3. The van der Waals surface area contributed by atoms with E-state index in [9.17, 15) is 4.79 Å². The third-order valence-corrected chi connectivity index (χ3v) is 2.90. The zero-order chi connectivity index (χ0) is 13.0. The van der Waals surface area contributed by atoms with Crippen molar-refractivity contribution in [3.63, 3.8) is 0 Å². The Morgan fingerprint density at radius 1 is 1.39 bits per heavy atom. The second-order valence-electron chi connectivity index (χ2n) is 3.40. The molecule has 0 aliphatic rings. The highest BCUT2D eigenvalue weighted by Crippen LogP contribution is 2.08. The van der Waals surface area contributed by atoms with Crippen LogP contribution >= 0.6 is 11.5 Å². The number of aromatic nitrogens is 4. The minimum absolute atomic E-state index is 0.335. The van der Waals surface area contributed by atoms with E-state index in [1.165, 1.54) is 0 Å². The average Bonchev–Trinajstić information content (AvgIpc) is 2.83. The van der Waals surface area contributed by atoms with Crippen molar-refractivity contribution < 1.29 is 4.79 Å². The Morgan fingerprint density at radius 2 is 2.11 bits per heavy atom. The van der Waals surface area contributed by atoms with E-state index in [4.69, 9.17) is 0 Å². The smallest absolute Gasteiger partial charge is 0.266 e. The summed E-state index contributed by atoms with van der Waals surface area (Å²) in [5.74, 6) is 0.134. The molecule has 0 spiro atoms. The first kappa shape index (κ1) is 12.2. The summed E-state index contributed by atoms with van der Waals surface area (Å²) < 4.78 is 3.69. The van der Waals surface area contributed by atoms with Gasteiger partial charge in [0.25, 0.3) is 5.91 Å². The number of aryl methyl sites for hydroxylation is 1. The molecular weight excluding hydrogens is 252 g/mol. The molecule has 0 saturated heterocycles. The van der Waals surface area contributed by atoms with E-state index in [0.717, 1.165) is 11.5 Å². The van der Waals surface area contributed by atoms with E-state index in [1.54, 1.807) is 32.3 Å². The fraction of sp³-hybridized carbons (Fsp3) is 0.200. The van der Waals surface area contributed by atoms with Gasteiger partial charge in [-0.3, -0.25) is 4.79 Å². The van der Waals surface area contributed by atoms with Crippen LogP contribution in [0.15, 0.2) is 23.6 Å². The number of hydrazone groups is 1. The zero-order valence-electron chi connectivity index (χ0n) is 9.78. The van der Waals surface area contributed by atoms with Crippen LogP contribution in [0, 0.1) is 6.92 Å². The second-order valence-corrected chi connectivity index (χ2v) is 4.15. The molecule has 2 aromatic heterocycles. The number of carbonyl (C=O) groups is 1. The van der Waals surface area contributed by atoms with Crippen molar-refractivity contribution in [3.8, 4) is 0 Å². The Hall–Kier alpha value is -2.22. The van der Waals surface area contributed by atoms with E-state index in [1.807, 2.05) is 0 Å². The van der Waals surface area contributed by atoms with Crippen LogP contribution in [0.3, 0.4) is 0 Å². The normalized spacial score (nSPS) is 11.3. The number of nitrogens with one attached hydrogen (secondary N) is 1. The van der Waals surface area contributed by atoms with Crippen molar-refractivity contribution in [1.29, 1.82) is 0 Å². The maximum absolute atomic E-state index is 11.7. The van der Waals surface area contributed by atoms with Crippen LogP contribution in [-0.2, 0) is 0 Å². The molecule has 2 aromatic rings. The van der Waals surface area contributed by atoms with E-state index in [2.05, 4.69) is 30.1 Å². The summed E-state index contributed by atoms with van der Waals surface area (Å²) in [5.41, 5.74) is 3.54. The number of nitrogens with zero attached hydrogens (tertiary/aromatic N) is 5. The number of hydrogen-bond acceptors (Lipinski definition) is 7. The van der Waals surface area contributed by atoms with E-state index >= 15 is 0 Å². The molecular formula is C10H10N6OS. The molecule has 2 rings (SSSR count). The SMILES string of the molecule is C/C(=N\NC(=O)c1snnc1C)c1ncccn1. The lowest BCUT2D eigenvalue weighted by atomic mass is 10.4. The molecule has 2 heterocycles. The van der Waals surface area contributed by atoms with E-state index in [-0.39, 0.29) is 5.91 Å². The van der Waals surface area contributed by atoms with Crippen LogP contribution in [0.5, 0.6) is 0 Å². The van der Waals surface area contributed by atoms with E-state index in [0.29, 0.717) is 22.1 Å². The summed E-state index contributed by atoms with van der Waals surface area (Å²) >= 11 is 1.03. The fourth-order valence-corrected chi connectivity index (χ4v) is 1.71. The minimum Gasteiger partial charge on any atom is -0.266 e. The van der Waals surface area contributed by atoms with Crippen molar-refractivity contribution in [2.75, 3.05) is 0 Å².